The molecule has 0 heterocycles. The molecule has 0 aliphatic heterocycles. The molecule has 0 fully saturated rings. The minimum atomic E-state index is 0.514. The van der Waals surface area contributed by atoms with Gasteiger partial charge in [0.1, 0.15) is 6.61 Å². The summed E-state index contributed by atoms with van der Waals surface area (Å²) in [5, 5.41) is 3.53. The normalized spacial score (nSPS) is 14.3. The second-order valence-corrected chi connectivity index (χ2v) is 6.23. The number of hydrogen-bond acceptors (Lipinski definition) is 3. The zero-order chi connectivity index (χ0) is 16.5. The van der Waals surface area contributed by atoms with Gasteiger partial charge >= 0.3 is 0 Å². The second-order valence-electron chi connectivity index (χ2n) is 6.23. The third kappa shape index (κ3) is 5.76. The Bertz CT molecular complexity index is 549. The van der Waals surface area contributed by atoms with Gasteiger partial charge in [-0.05, 0) is 57.2 Å². The van der Waals surface area contributed by atoms with Crippen molar-refractivity contribution in [3.63, 3.8) is 0 Å². The number of benzene rings is 1. The van der Waals surface area contributed by atoms with Crippen molar-refractivity contribution in [3.8, 4) is 11.5 Å². The molecule has 0 radical (unpaired) electrons. The standard InChI is InChI=1S/C20H29NO2/c1-16(2)15-23-20-18(10-7-11-19(20)22-3)14-21-13-12-17-8-5-4-6-9-17/h7-8,10-11,21H,1,4-6,9,12-15H2,2-3H3. The van der Waals surface area contributed by atoms with Crippen LogP contribution in [0.1, 0.15) is 44.6 Å². The molecule has 3 heteroatoms. The first kappa shape index (κ1) is 17.6. The predicted molar refractivity (Wildman–Crippen MR) is 96.2 cm³/mol. The molecule has 0 bridgehead atoms. The summed E-state index contributed by atoms with van der Waals surface area (Å²) in [6.45, 7) is 8.16. The molecular formula is C20H29NO2. The third-order valence-electron chi connectivity index (χ3n) is 4.07. The van der Waals surface area contributed by atoms with Gasteiger partial charge in [-0.25, -0.2) is 0 Å². The van der Waals surface area contributed by atoms with E-state index in [-0.39, 0.29) is 0 Å². The van der Waals surface area contributed by atoms with E-state index in [0.29, 0.717) is 6.61 Å². The van der Waals surface area contributed by atoms with Crippen LogP contribution in [0.2, 0.25) is 0 Å². The fraction of sp³-hybridized carbons (Fsp3) is 0.500. The van der Waals surface area contributed by atoms with E-state index in [9.17, 15) is 0 Å². The maximum Gasteiger partial charge on any atom is 0.166 e. The first-order chi connectivity index (χ1) is 11.2. The first-order valence-corrected chi connectivity index (χ1v) is 8.52. The van der Waals surface area contributed by atoms with Gasteiger partial charge in [-0.3, -0.25) is 0 Å². The lowest BCUT2D eigenvalue weighted by Gasteiger charge is -2.16. The number of para-hydroxylation sites is 1. The summed E-state index contributed by atoms with van der Waals surface area (Å²) in [5.41, 5.74) is 3.73. The molecule has 0 unspecified atom stereocenters. The molecule has 1 N–H and O–H groups in total. The van der Waals surface area contributed by atoms with E-state index in [2.05, 4.69) is 24.0 Å². The Hall–Kier alpha value is -1.74. The van der Waals surface area contributed by atoms with Crippen LogP contribution >= 0.6 is 0 Å². The lowest BCUT2D eigenvalue weighted by atomic mass is 9.97. The molecule has 3 nitrogen and oxygen atoms in total. The summed E-state index contributed by atoms with van der Waals surface area (Å²) >= 11 is 0. The smallest absolute Gasteiger partial charge is 0.166 e. The molecular weight excluding hydrogens is 286 g/mol. The maximum atomic E-state index is 5.89. The Balaban J connectivity index is 1.90. The van der Waals surface area contributed by atoms with Crippen LogP contribution in [0, 0.1) is 0 Å². The van der Waals surface area contributed by atoms with Gasteiger partial charge in [0.05, 0.1) is 7.11 Å². The Morgan fingerprint density at radius 1 is 1.30 bits per heavy atom. The van der Waals surface area contributed by atoms with Crippen LogP contribution < -0.4 is 14.8 Å². The molecule has 1 aliphatic rings. The minimum absolute atomic E-state index is 0.514. The van der Waals surface area contributed by atoms with Crippen molar-refractivity contribution in [1.82, 2.24) is 5.32 Å². The number of ether oxygens (including phenoxy) is 2. The van der Waals surface area contributed by atoms with Crippen molar-refractivity contribution in [1.29, 1.82) is 0 Å². The van der Waals surface area contributed by atoms with Gasteiger partial charge < -0.3 is 14.8 Å². The van der Waals surface area contributed by atoms with Gasteiger partial charge in [-0.2, -0.15) is 0 Å². The Morgan fingerprint density at radius 3 is 2.87 bits per heavy atom. The molecule has 0 aromatic heterocycles. The predicted octanol–water partition coefficient (Wildman–Crippen LogP) is 4.63. The zero-order valence-electron chi connectivity index (χ0n) is 14.5. The molecule has 1 aliphatic carbocycles. The fourth-order valence-corrected chi connectivity index (χ4v) is 2.82. The second kappa shape index (κ2) is 9.41. The Kier molecular flexibility index (Phi) is 7.21. The summed E-state index contributed by atoms with van der Waals surface area (Å²) in [6, 6.07) is 6.03. The van der Waals surface area contributed by atoms with E-state index in [1.807, 2.05) is 19.1 Å². The summed E-state index contributed by atoms with van der Waals surface area (Å²) in [7, 11) is 1.68. The highest BCUT2D eigenvalue weighted by Crippen LogP contribution is 2.31. The summed E-state index contributed by atoms with van der Waals surface area (Å²) in [5.74, 6) is 1.60. The lowest BCUT2D eigenvalue weighted by molar-refractivity contribution is 0.315. The van der Waals surface area contributed by atoms with Crippen LogP contribution in [-0.2, 0) is 6.54 Å². The number of allylic oxidation sites excluding steroid dienone is 1. The van der Waals surface area contributed by atoms with E-state index in [0.717, 1.165) is 42.1 Å². The van der Waals surface area contributed by atoms with Gasteiger partial charge in [-0.1, -0.05) is 30.4 Å². The van der Waals surface area contributed by atoms with Gasteiger partial charge in [0.15, 0.2) is 11.5 Å². The molecule has 0 saturated heterocycles. The van der Waals surface area contributed by atoms with E-state index < -0.39 is 0 Å². The van der Waals surface area contributed by atoms with Crippen LogP contribution in [0.25, 0.3) is 0 Å². The van der Waals surface area contributed by atoms with Gasteiger partial charge in [0, 0.05) is 12.1 Å². The van der Waals surface area contributed by atoms with Gasteiger partial charge in [0.2, 0.25) is 0 Å². The average Bonchev–Trinajstić information content (AvgIpc) is 2.58. The molecule has 1 aromatic rings. The maximum absolute atomic E-state index is 5.89. The van der Waals surface area contributed by atoms with Crippen LogP contribution in [0.5, 0.6) is 11.5 Å². The quantitative estimate of drug-likeness (QED) is 0.532. The van der Waals surface area contributed by atoms with Crippen molar-refractivity contribution < 1.29 is 9.47 Å². The molecule has 23 heavy (non-hydrogen) atoms. The zero-order valence-corrected chi connectivity index (χ0v) is 14.5. The van der Waals surface area contributed by atoms with Crippen molar-refractivity contribution in [3.05, 3.63) is 47.6 Å². The van der Waals surface area contributed by atoms with Crippen LogP contribution in [0.3, 0.4) is 0 Å². The largest absolute Gasteiger partial charge is 0.493 e. The number of methoxy groups -OCH3 is 1. The number of hydrogen-bond donors (Lipinski definition) is 1. The van der Waals surface area contributed by atoms with Crippen LogP contribution in [0.4, 0.5) is 0 Å². The highest BCUT2D eigenvalue weighted by atomic mass is 16.5. The molecule has 126 valence electrons. The average molecular weight is 315 g/mol. The van der Waals surface area contributed by atoms with E-state index in [1.165, 1.54) is 25.7 Å². The van der Waals surface area contributed by atoms with E-state index in [1.54, 1.807) is 12.7 Å². The minimum Gasteiger partial charge on any atom is -0.493 e. The van der Waals surface area contributed by atoms with E-state index >= 15 is 0 Å². The molecule has 0 atom stereocenters. The molecule has 0 spiro atoms. The third-order valence-corrected chi connectivity index (χ3v) is 4.07. The van der Waals surface area contributed by atoms with Crippen LogP contribution in [0.15, 0.2) is 42.0 Å². The summed E-state index contributed by atoms with van der Waals surface area (Å²) in [4.78, 5) is 0. The molecule has 0 saturated carbocycles. The van der Waals surface area contributed by atoms with Gasteiger partial charge in [0.25, 0.3) is 0 Å². The fourth-order valence-electron chi connectivity index (χ4n) is 2.82. The monoisotopic (exact) mass is 315 g/mol. The van der Waals surface area contributed by atoms with Crippen molar-refractivity contribution in [2.75, 3.05) is 20.3 Å². The molecule has 1 aromatic carbocycles. The van der Waals surface area contributed by atoms with Crippen LogP contribution in [-0.4, -0.2) is 20.3 Å². The molecule has 2 rings (SSSR count). The number of rotatable bonds is 9. The summed E-state index contributed by atoms with van der Waals surface area (Å²) < 4.78 is 11.3. The number of nitrogens with one attached hydrogen (secondary N) is 1. The first-order valence-electron chi connectivity index (χ1n) is 8.52. The van der Waals surface area contributed by atoms with Crippen molar-refractivity contribution >= 4 is 0 Å². The summed E-state index contributed by atoms with van der Waals surface area (Å²) in [6.07, 6.45) is 8.78. The highest BCUT2D eigenvalue weighted by molar-refractivity contribution is 5.46. The Morgan fingerprint density at radius 2 is 2.17 bits per heavy atom. The topological polar surface area (TPSA) is 30.5 Å². The Labute approximate surface area is 140 Å². The van der Waals surface area contributed by atoms with E-state index in [4.69, 9.17) is 9.47 Å². The van der Waals surface area contributed by atoms with Gasteiger partial charge in [-0.15, -0.1) is 0 Å². The SMILES string of the molecule is C=C(C)COc1c(CNCCC2=CCCCC2)cccc1OC. The lowest BCUT2D eigenvalue weighted by Crippen LogP contribution is -2.17. The van der Waals surface area contributed by atoms with Crippen molar-refractivity contribution in [2.24, 2.45) is 0 Å². The van der Waals surface area contributed by atoms with Crippen molar-refractivity contribution in [2.45, 2.75) is 45.6 Å². The molecule has 0 amide bonds. The highest BCUT2D eigenvalue weighted by Gasteiger charge is 2.10.